The smallest absolute Gasteiger partial charge is 0.228 e. The number of carbonyl (C=O) groups is 1. The van der Waals surface area contributed by atoms with Gasteiger partial charge in [-0.2, -0.15) is 0 Å². The Morgan fingerprint density at radius 2 is 1.46 bits per heavy atom. The van der Waals surface area contributed by atoms with E-state index in [4.69, 9.17) is 4.74 Å². The van der Waals surface area contributed by atoms with Crippen molar-refractivity contribution in [3.05, 3.63) is 96.6 Å². The Morgan fingerprint density at radius 1 is 0.786 bits per heavy atom. The zero-order chi connectivity index (χ0) is 19.3. The molecule has 0 saturated carbocycles. The van der Waals surface area contributed by atoms with E-state index in [1.54, 1.807) is 7.11 Å². The number of hydrogen-bond acceptors (Lipinski definition) is 2. The summed E-state index contributed by atoms with van der Waals surface area (Å²) in [6.07, 6.45) is 0.367. The van der Waals surface area contributed by atoms with Gasteiger partial charge in [-0.3, -0.25) is 4.79 Å². The van der Waals surface area contributed by atoms with Crippen LogP contribution >= 0.6 is 0 Å². The summed E-state index contributed by atoms with van der Waals surface area (Å²) in [5, 5.41) is 5.19. The lowest BCUT2D eigenvalue weighted by Crippen LogP contribution is -2.14. The minimum absolute atomic E-state index is 0.0196. The normalized spacial score (nSPS) is 10.6. The SMILES string of the molecule is COc1ccc(-c2ccc(NC(=O)Cc3ccccc3)cc2)c2ccccc12. The van der Waals surface area contributed by atoms with Gasteiger partial charge in [-0.25, -0.2) is 0 Å². The van der Waals surface area contributed by atoms with E-state index >= 15 is 0 Å². The number of hydrogen-bond donors (Lipinski definition) is 1. The van der Waals surface area contributed by atoms with Crippen LogP contribution in [0.15, 0.2) is 91.0 Å². The number of benzene rings is 4. The second-order valence-electron chi connectivity index (χ2n) is 6.65. The monoisotopic (exact) mass is 367 g/mol. The van der Waals surface area contributed by atoms with Gasteiger partial charge in [0.05, 0.1) is 13.5 Å². The Bertz CT molecular complexity index is 1100. The summed E-state index contributed by atoms with van der Waals surface area (Å²) in [6, 6.07) is 30.0. The molecular formula is C25H21NO2. The quantitative estimate of drug-likeness (QED) is 0.492. The molecule has 0 atom stereocenters. The van der Waals surface area contributed by atoms with Crippen molar-refractivity contribution in [1.82, 2.24) is 0 Å². The fourth-order valence-corrected chi connectivity index (χ4v) is 3.42. The maximum atomic E-state index is 12.3. The molecule has 0 aliphatic heterocycles. The molecule has 4 aromatic carbocycles. The molecule has 0 radical (unpaired) electrons. The van der Waals surface area contributed by atoms with Crippen molar-refractivity contribution in [2.75, 3.05) is 12.4 Å². The molecule has 3 heteroatoms. The second-order valence-corrected chi connectivity index (χ2v) is 6.65. The summed E-state index contributed by atoms with van der Waals surface area (Å²) < 4.78 is 5.48. The van der Waals surface area contributed by atoms with E-state index in [0.717, 1.165) is 38.9 Å². The standard InChI is InChI=1S/C25H21NO2/c1-28-24-16-15-21(22-9-5-6-10-23(22)24)19-11-13-20(14-12-19)26-25(27)17-18-7-3-2-4-8-18/h2-16H,17H2,1H3,(H,26,27). The zero-order valence-electron chi connectivity index (χ0n) is 15.7. The molecule has 0 unspecified atom stereocenters. The molecular weight excluding hydrogens is 346 g/mol. The molecule has 1 N–H and O–H groups in total. The molecule has 28 heavy (non-hydrogen) atoms. The van der Waals surface area contributed by atoms with Gasteiger partial charge in [0.1, 0.15) is 5.75 Å². The van der Waals surface area contributed by atoms with E-state index in [-0.39, 0.29) is 5.91 Å². The van der Waals surface area contributed by atoms with Crippen molar-refractivity contribution in [2.45, 2.75) is 6.42 Å². The molecule has 1 amide bonds. The molecule has 3 nitrogen and oxygen atoms in total. The summed E-state index contributed by atoms with van der Waals surface area (Å²) in [7, 11) is 1.69. The maximum absolute atomic E-state index is 12.3. The van der Waals surface area contributed by atoms with Crippen LogP contribution in [0.1, 0.15) is 5.56 Å². The Balaban J connectivity index is 1.55. The topological polar surface area (TPSA) is 38.3 Å². The fourth-order valence-electron chi connectivity index (χ4n) is 3.42. The minimum atomic E-state index is -0.0196. The van der Waals surface area contributed by atoms with Crippen molar-refractivity contribution in [3.8, 4) is 16.9 Å². The third-order valence-corrected chi connectivity index (χ3v) is 4.79. The molecule has 4 aromatic rings. The highest BCUT2D eigenvalue weighted by Gasteiger charge is 2.09. The Hall–Kier alpha value is -3.59. The minimum Gasteiger partial charge on any atom is -0.496 e. The highest BCUT2D eigenvalue weighted by molar-refractivity contribution is 6.00. The number of carbonyl (C=O) groups excluding carboxylic acids is 1. The third kappa shape index (κ3) is 3.74. The summed E-state index contributed by atoms with van der Waals surface area (Å²) >= 11 is 0. The van der Waals surface area contributed by atoms with Crippen LogP contribution in [0.3, 0.4) is 0 Å². The third-order valence-electron chi connectivity index (χ3n) is 4.79. The van der Waals surface area contributed by atoms with Crippen molar-refractivity contribution < 1.29 is 9.53 Å². The average Bonchev–Trinajstić information content (AvgIpc) is 2.74. The number of rotatable bonds is 5. The van der Waals surface area contributed by atoms with Gasteiger partial charge in [-0.15, -0.1) is 0 Å². The summed E-state index contributed by atoms with van der Waals surface area (Å²) in [5.74, 6) is 0.845. The molecule has 138 valence electrons. The number of amides is 1. The van der Waals surface area contributed by atoms with E-state index in [1.165, 1.54) is 0 Å². The molecule has 0 aliphatic carbocycles. The van der Waals surface area contributed by atoms with Crippen LogP contribution in [0.4, 0.5) is 5.69 Å². The molecule has 0 fully saturated rings. The van der Waals surface area contributed by atoms with E-state index in [9.17, 15) is 4.79 Å². The lowest BCUT2D eigenvalue weighted by molar-refractivity contribution is -0.115. The van der Waals surface area contributed by atoms with Gasteiger partial charge < -0.3 is 10.1 Å². The van der Waals surface area contributed by atoms with Gasteiger partial charge in [0.15, 0.2) is 0 Å². The number of ether oxygens (including phenoxy) is 1. The van der Waals surface area contributed by atoms with Crippen molar-refractivity contribution in [2.24, 2.45) is 0 Å². The zero-order valence-corrected chi connectivity index (χ0v) is 15.7. The van der Waals surface area contributed by atoms with Gasteiger partial charge in [-0.05, 0) is 40.3 Å². The lowest BCUT2D eigenvalue weighted by atomic mass is 9.97. The van der Waals surface area contributed by atoms with Gasteiger partial charge in [0, 0.05) is 11.1 Å². The predicted molar refractivity (Wildman–Crippen MR) is 115 cm³/mol. The molecule has 0 heterocycles. The Morgan fingerprint density at radius 3 is 2.18 bits per heavy atom. The summed E-state index contributed by atoms with van der Waals surface area (Å²) in [5.41, 5.74) is 4.03. The maximum Gasteiger partial charge on any atom is 0.228 e. The first-order valence-corrected chi connectivity index (χ1v) is 9.24. The highest BCUT2D eigenvalue weighted by Crippen LogP contribution is 2.34. The summed E-state index contributed by atoms with van der Waals surface area (Å²) in [4.78, 5) is 12.3. The van der Waals surface area contributed by atoms with Gasteiger partial charge in [0.2, 0.25) is 5.91 Å². The largest absolute Gasteiger partial charge is 0.496 e. The van der Waals surface area contributed by atoms with Gasteiger partial charge in [0.25, 0.3) is 0 Å². The second kappa shape index (κ2) is 7.97. The molecule has 4 rings (SSSR count). The van der Waals surface area contributed by atoms with Crippen LogP contribution in [-0.4, -0.2) is 13.0 Å². The lowest BCUT2D eigenvalue weighted by Gasteiger charge is -2.11. The fraction of sp³-hybridized carbons (Fsp3) is 0.0800. The highest BCUT2D eigenvalue weighted by atomic mass is 16.5. The van der Waals surface area contributed by atoms with Crippen molar-refractivity contribution >= 4 is 22.4 Å². The van der Waals surface area contributed by atoms with Crippen LogP contribution < -0.4 is 10.1 Å². The first kappa shape index (κ1) is 17.8. The number of anilines is 1. The predicted octanol–water partition coefficient (Wildman–Crippen LogP) is 5.70. The molecule has 0 aromatic heterocycles. The van der Waals surface area contributed by atoms with Crippen LogP contribution in [0, 0.1) is 0 Å². The van der Waals surface area contributed by atoms with E-state index in [0.29, 0.717) is 6.42 Å². The van der Waals surface area contributed by atoms with E-state index in [2.05, 4.69) is 23.5 Å². The number of fused-ring (bicyclic) bond motifs is 1. The van der Waals surface area contributed by atoms with Crippen molar-refractivity contribution in [3.63, 3.8) is 0 Å². The number of methoxy groups -OCH3 is 1. The van der Waals surface area contributed by atoms with E-state index < -0.39 is 0 Å². The summed E-state index contributed by atoms with van der Waals surface area (Å²) in [6.45, 7) is 0. The van der Waals surface area contributed by atoms with E-state index in [1.807, 2.05) is 72.8 Å². The molecule has 0 spiro atoms. The average molecular weight is 367 g/mol. The van der Waals surface area contributed by atoms with Crippen LogP contribution in [0.2, 0.25) is 0 Å². The molecule has 0 saturated heterocycles. The van der Waals surface area contributed by atoms with Crippen molar-refractivity contribution in [1.29, 1.82) is 0 Å². The molecule has 0 aliphatic rings. The molecule has 0 bridgehead atoms. The Labute approximate surface area is 164 Å². The Kier molecular flexibility index (Phi) is 5.07. The van der Waals surface area contributed by atoms with Crippen LogP contribution in [0.5, 0.6) is 5.75 Å². The number of nitrogens with one attached hydrogen (secondary N) is 1. The van der Waals surface area contributed by atoms with Crippen LogP contribution in [-0.2, 0) is 11.2 Å². The first-order valence-electron chi connectivity index (χ1n) is 9.24. The van der Waals surface area contributed by atoms with Gasteiger partial charge >= 0.3 is 0 Å². The van der Waals surface area contributed by atoms with Crippen LogP contribution in [0.25, 0.3) is 21.9 Å². The first-order chi connectivity index (χ1) is 13.7. The van der Waals surface area contributed by atoms with Gasteiger partial charge in [-0.1, -0.05) is 72.8 Å².